The number of alkyl halides is 3. The number of carbonyl (C=O) groups excluding carboxylic acids is 1. The topological polar surface area (TPSA) is 73.8 Å². The number of aliphatic hydroxyl groups excluding tert-OH is 1. The number of hydrogen-bond acceptors (Lipinski definition) is 4. The first-order chi connectivity index (χ1) is 13.3. The van der Waals surface area contributed by atoms with Gasteiger partial charge >= 0.3 is 12.4 Å². The summed E-state index contributed by atoms with van der Waals surface area (Å²) in [7, 11) is 0. The van der Waals surface area contributed by atoms with Crippen LogP contribution in [0.25, 0.3) is 0 Å². The van der Waals surface area contributed by atoms with Crippen LogP contribution < -0.4 is 15.4 Å². The van der Waals surface area contributed by atoms with E-state index in [1.54, 1.807) is 0 Å². The van der Waals surface area contributed by atoms with E-state index in [1.807, 2.05) is 0 Å². The molecule has 0 radical (unpaired) electrons. The summed E-state index contributed by atoms with van der Waals surface area (Å²) in [6, 6.07) is 4.70. The molecule has 28 heavy (non-hydrogen) atoms. The molecule has 1 aromatic carbocycles. The molecular formula is C18H27F3N3O3S+. The van der Waals surface area contributed by atoms with Crippen LogP contribution in [-0.2, 0) is 11.1 Å². The minimum atomic E-state index is -4.74. The van der Waals surface area contributed by atoms with Crippen LogP contribution in [0.5, 0.6) is 5.75 Å². The number of halogens is 3. The van der Waals surface area contributed by atoms with Gasteiger partial charge in [-0.05, 0) is 44.0 Å². The average Bonchev–Trinajstić information content (AvgIpc) is 2.64. The number of aliphatic hydroxyl groups is 1. The van der Waals surface area contributed by atoms with E-state index in [0.717, 1.165) is 56.0 Å². The number of rotatable bonds is 8. The van der Waals surface area contributed by atoms with Crippen molar-refractivity contribution in [2.75, 3.05) is 36.5 Å². The molecule has 1 aliphatic heterocycles. The lowest BCUT2D eigenvalue weighted by atomic mass is 10.1. The molecule has 1 fully saturated rings. The van der Waals surface area contributed by atoms with Crippen molar-refractivity contribution in [3.05, 3.63) is 24.3 Å². The summed E-state index contributed by atoms with van der Waals surface area (Å²) in [5.74, 6) is 1.73. The maximum absolute atomic E-state index is 12.2. The Morgan fingerprint density at radius 1 is 1.29 bits per heavy atom. The van der Waals surface area contributed by atoms with Crippen molar-refractivity contribution >= 4 is 22.8 Å². The van der Waals surface area contributed by atoms with Crippen LogP contribution in [0, 0.1) is 0 Å². The predicted octanol–water partition coefficient (Wildman–Crippen LogP) is 3.11. The highest BCUT2D eigenvalue weighted by Crippen LogP contribution is 2.24. The second-order valence-corrected chi connectivity index (χ2v) is 8.83. The van der Waals surface area contributed by atoms with Crippen molar-refractivity contribution in [3.8, 4) is 5.75 Å². The van der Waals surface area contributed by atoms with Crippen LogP contribution in [0.3, 0.4) is 0 Å². The van der Waals surface area contributed by atoms with Gasteiger partial charge in [0.25, 0.3) is 0 Å². The maximum Gasteiger partial charge on any atom is 0.573 e. The number of carbonyl (C=O) groups is 1. The minimum Gasteiger partial charge on any atom is -0.406 e. The lowest BCUT2D eigenvalue weighted by molar-refractivity contribution is -0.274. The highest BCUT2D eigenvalue weighted by molar-refractivity contribution is 7.94. The van der Waals surface area contributed by atoms with E-state index in [0.29, 0.717) is 5.69 Å². The van der Waals surface area contributed by atoms with E-state index in [-0.39, 0.29) is 35.5 Å². The molecule has 1 atom stereocenters. The van der Waals surface area contributed by atoms with Crippen molar-refractivity contribution in [1.29, 1.82) is 0 Å². The zero-order chi connectivity index (χ0) is 20.6. The fourth-order valence-corrected chi connectivity index (χ4v) is 5.14. The molecule has 0 bridgehead atoms. The van der Waals surface area contributed by atoms with Gasteiger partial charge in [-0.1, -0.05) is 0 Å². The van der Waals surface area contributed by atoms with E-state index >= 15 is 0 Å². The quantitative estimate of drug-likeness (QED) is 0.563. The first-order valence-corrected chi connectivity index (χ1v) is 10.8. The summed E-state index contributed by atoms with van der Waals surface area (Å²) in [4.78, 5) is 12.1. The van der Waals surface area contributed by atoms with Crippen molar-refractivity contribution in [1.82, 2.24) is 9.62 Å². The minimum absolute atomic E-state index is 0.0595. The third-order valence-corrected chi connectivity index (χ3v) is 6.89. The van der Waals surface area contributed by atoms with Crippen LogP contribution in [0.4, 0.5) is 23.7 Å². The largest absolute Gasteiger partial charge is 0.573 e. The van der Waals surface area contributed by atoms with Crippen LogP contribution >= 0.6 is 0 Å². The van der Waals surface area contributed by atoms with Gasteiger partial charge in [-0.15, -0.1) is 17.5 Å². The number of amides is 2. The third-order valence-electron chi connectivity index (χ3n) is 4.37. The number of hydrogen-bond donors (Lipinski definition) is 3. The van der Waals surface area contributed by atoms with Gasteiger partial charge in [0.1, 0.15) is 17.3 Å². The molecule has 1 heterocycles. The van der Waals surface area contributed by atoms with Gasteiger partial charge in [-0.3, -0.25) is 0 Å². The second kappa shape index (κ2) is 10.8. The molecule has 6 nitrogen and oxygen atoms in total. The molecule has 1 aliphatic rings. The Morgan fingerprint density at radius 3 is 2.46 bits per heavy atom. The van der Waals surface area contributed by atoms with Gasteiger partial charge in [0.05, 0.1) is 11.1 Å². The third kappa shape index (κ3) is 7.76. The Labute approximate surface area is 165 Å². The van der Waals surface area contributed by atoms with E-state index in [4.69, 9.17) is 5.11 Å². The van der Waals surface area contributed by atoms with Crippen LogP contribution in [-0.4, -0.2) is 59.0 Å². The summed E-state index contributed by atoms with van der Waals surface area (Å²) in [6.45, 7) is 4.17. The second-order valence-electron chi connectivity index (χ2n) is 6.41. The van der Waals surface area contributed by atoms with E-state index < -0.39 is 6.36 Å². The monoisotopic (exact) mass is 422 g/mol. The average molecular weight is 422 g/mol. The number of nitrogens with one attached hydrogen (secondary N) is 2. The van der Waals surface area contributed by atoms with Gasteiger partial charge in [-0.25, -0.2) is 4.79 Å². The molecule has 0 aromatic heterocycles. The molecule has 0 aliphatic carbocycles. The van der Waals surface area contributed by atoms with E-state index in [9.17, 15) is 18.0 Å². The van der Waals surface area contributed by atoms with Gasteiger partial charge < -0.3 is 20.5 Å². The Kier molecular flexibility index (Phi) is 8.71. The fourth-order valence-electron chi connectivity index (χ4n) is 3.04. The molecular weight excluding hydrogens is 395 g/mol. The molecule has 3 N–H and O–H groups in total. The number of ether oxygens (including phenoxy) is 1. The van der Waals surface area contributed by atoms with Gasteiger partial charge in [0, 0.05) is 37.8 Å². The number of benzene rings is 1. The molecule has 0 saturated carbocycles. The predicted molar refractivity (Wildman–Crippen MR) is 104 cm³/mol. The Bertz CT molecular complexity index is 608. The smallest absolute Gasteiger partial charge is 0.406 e. The maximum atomic E-state index is 12.2. The Morgan fingerprint density at radius 2 is 1.93 bits per heavy atom. The van der Waals surface area contributed by atoms with E-state index in [1.165, 1.54) is 12.1 Å². The number of nitrogens with zero attached hydrogens (tertiary/aromatic N) is 1. The standard InChI is InChI=1S/C18H26F3N3O3S/c1-2-28(13-3-12-25)24-10-8-15(9-11-24)23-17(26)22-14-4-6-16(7-5-14)27-18(19,20)21/h4-7,15,25H,2-3,8-13H2,1H3,(H-,22,23,26)/p+1. The summed E-state index contributed by atoms with van der Waals surface area (Å²) < 4.78 is 42.7. The highest BCUT2D eigenvalue weighted by atomic mass is 32.2. The first-order valence-electron chi connectivity index (χ1n) is 9.27. The van der Waals surface area contributed by atoms with Crippen LogP contribution in [0.15, 0.2) is 24.3 Å². The first kappa shape index (κ1) is 22.6. The van der Waals surface area contributed by atoms with Crippen molar-refractivity contribution in [2.45, 2.75) is 38.6 Å². The summed E-state index contributed by atoms with van der Waals surface area (Å²) >= 11 is 0.166. The van der Waals surface area contributed by atoms with Crippen molar-refractivity contribution in [3.63, 3.8) is 0 Å². The van der Waals surface area contributed by atoms with Gasteiger partial charge in [0.15, 0.2) is 0 Å². The summed E-state index contributed by atoms with van der Waals surface area (Å²) in [5.41, 5.74) is 0.390. The normalized spacial score (nSPS) is 17.2. The Balaban J connectivity index is 1.75. The number of anilines is 1. The van der Waals surface area contributed by atoms with Crippen molar-refractivity contribution in [2.24, 2.45) is 0 Å². The Hall–Kier alpha value is -1.65. The number of urea groups is 1. The molecule has 2 amide bonds. The number of piperidine rings is 1. The zero-order valence-corrected chi connectivity index (χ0v) is 16.6. The van der Waals surface area contributed by atoms with Crippen LogP contribution in [0.2, 0.25) is 0 Å². The SMILES string of the molecule is CC[S+](CCCO)N1CCC(NC(=O)Nc2ccc(OC(F)(F)F)cc2)CC1. The molecule has 10 heteroatoms. The lowest BCUT2D eigenvalue weighted by Crippen LogP contribution is -2.48. The molecule has 1 saturated heterocycles. The molecule has 1 aromatic rings. The van der Waals surface area contributed by atoms with Crippen molar-refractivity contribution < 1.29 is 27.8 Å². The molecule has 158 valence electrons. The van der Waals surface area contributed by atoms with Gasteiger partial charge in [0.2, 0.25) is 0 Å². The zero-order valence-electron chi connectivity index (χ0n) is 15.8. The van der Waals surface area contributed by atoms with Crippen LogP contribution in [0.1, 0.15) is 26.2 Å². The van der Waals surface area contributed by atoms with Gasteiger partial charge in [-0.2, -0.15) is 0 Å². The summed E-state index contributed by atoms with van der Waals surface area (Å²) in [6.07, 6.45) is -2.25. The fraction of sp³-hybridized carbons (Fsp3) is 0.611. The molecule has 2 rings (SSSR count). The molecule has 1 unspecified atom stereocenters. The molecule has 0 spiro atoms. The summed E-state index contributed by atoms with van der Waals surface area (Å²) in [5, 5.41) is 14.6. The van der Waals surface area contributed by atoms with E-state index in [2.05, 4.69) is 26.6 Å². The highest BCUT2D eigenvalue weighted by Gasteiger charge is 2.32. The lowest BCUT2D eigenvalue weighted by Gasteiger charge is -2.30.